The van der Waals surface area contributed by atoms with Gasteiger partial charge in [-0.1, -0.05) is 12.8 Å². The first-order chi connectivity index (χ1) is 10.7. The predicted octanol–water partition coefficient (Wildman–Crippen LogP) is 3.10. The van der Waals surface area contributed by atoms with E-state index in [1.807, 2.05) is 24.3 Å². The van der Waals surface area contributed by atoms with Crippen molar-refractivity contribution in [1.29, 1.82) is 10.5 Å². The molecule has 0 N–H and O–H groups in total. The van der Waals surface area contributed by atoms with Gasteiger partial charge >= 0.3 is 17.1 Å². The fourth-order valence-electron chi connectivity index (χ4n) is 1.80. The number of hydrogen-bond acceptors (Lipinski definition) is 4. The van der Waals surface area contributed by atoms with E-state index in [4.69, 9.17) is 10.5 Å². The second-order valence-electron chi connectivity index (χ2n) is 4.56. The topological polar surface area (TPSA) is 81.7 Å². The summed E-state index contributed by atoms with van der Waals surface area (Å²) in [6, 6.07) is 3.87. The molecule has 0 saturated heterocycles. The summed E-state index contributed by atoms with van der Waals surface area (Å²) in [5.41, 5.74) is 1.28. The van der Waals surface area contributed by atoms with Crippen molar-refractivity contribution < 1.29 is 26.7 Å². The molecule has 0 saturated carbocycles. The molecule has 0 amide bonds. The molecular weight excluding hydrogens is 332 g/mol. The van der Waals surface area contributed by atoms with Gasteiger partial charge in [0.2, 0.25) is 0 Å². The Kier molecular flexibility index (Phi) is 11.2. The van der Waals surface area contributed by atoms with Crippen molar-refractivity contribution in [3.05, 3.63) is 47.6 Å². The van der Waals surface area contributed by atoms with Gasteiger partial charge in [0.25, 0.3) is 0 Å². The van der Waals surface area contributed by atoms with Gasteiger partial charge < -0.3 is 9.59 Å². The van der Waals surface area contributed by atoms with Crippen LogP contribution in [0.2, 0.25) is 0 Å². The first-order valence-electron chi connectivity index (χ1n) is 7.04. The van der Waals surface area contributed by atoms with Crippen LogP contribution in [0.25, 0.3) is 0 Å². The summed E-state index contributed by atoms with van der Waals surface area (Å²) in [7, 11) is 0. The quantitative estimate of drug-likeness (QED) is 0.546. The molecule has 2 rings (SSSR count). The Balaban J connectivity index is 0.000000403. The minimum absolute atomic E-state index is 0. The second kappa shape index (κ2) is 12.4. The van der Waals surface area contributed by atoms with Crippen LogP contribution >= 0.6 is 0 Å². The summed E-state index contributed by atoms with van der Waals surface area (Å²) in [4.78, 5) is 22.2. The third-order valence-corrected chi connectivity index (χ3v) is 2.92. The molecule has 0 aromatic carbocycles. The maximum absolute atomic E-state index is 11.1. The van der Waals surface area contributed by atoms with E-state index in [1.54, 1.807) is 12.2 Å². The fraction of sp³-hybridized carbons (Fsp3) is 0.333. The van der Waals surface area contributed by atoms with Gasteiger partial charge in [0.1, 0.15) is 0 Å². The Hall–Kier alpha value is -2.20. The number of hydrogen-bond donors (Lipinski definition) is 0. The van der Waals surface area contributed by atoms with Crippen molar-refractivity contribution in [1.82, 2.24) is 0 Å². The van der Waals surface area contributed by atoms with E-state index in [9.17, 15) is 9.59 Å². The zero-order valence-corrected chi connectivity index (χ0v) is 13.7. The van der Waals surface area contributed by atoms with Gasteiger partial charge in [0.15, 0.2) is 0 Å². The third kappa shape index (κ3) is 8.12. The molecule has 0 bridgehead atoms. The molecule has 23 heavy (non-hydrogen) atoms. The van der Waals surface area contributed by atoms with Crippen molar-refractivity contribution in [3.8, 4) is 12.1 Å². The SMILES string of the molecule is N#CCCC(=O)C1=[C-]CC=C1.N#CCCC(=O)C1=[C-]CC=C1.[Fe+2]. The largest absolute Gasteiger partial charge is 2.00 e. The molecule has 0 aromatic rings. The summed E-state index contributed by atoms with van der Waals surface area (Å²) < 4.78 is 0. The van der Waals surface area contributed by atoms with Crippen LogP contribution in [0.1, 0.15) is 38.5 Å². The van der Waals surface area contributed by atoms with E-state index < -0.39 is 0 Å². The summed E-state index contributed by atoms with van der Waals surface area (Å²) >= 11 is 0. The average Bonchev–Trinajstić information content (AvgIpc) is 3.23. The minimum Gasteiger partial charge on any atom is -0.371 e. The van der Waals surface area contributed by atoms with Crippen LogP contribution in [0.4, 0.5) is 0 Å². The molecule has 0 spiro atoms. The summed E-state index contributed by atoms with van der Waals surface area (Å²) in [6.07, 6.45) is 15.8. The number of nitrogens with zero attached hydrogens (tertiary/aromatic N) is 2. The molecule has 0 aliphatic heterocycles. The molecule has 0 heterocycles. The molecule has 0 fully saturated rings. The van der Waals surface area contributed by atoms with Crippen molar-refractivity contribution in [2.45, 2.75) is 38.5 Å². The molecule has 0 aromatic heterocycles. The first-order valence-corrected chi connectivity index (χ1v) is 7.04. The fourth-order valence-corrected chi connectivity index (χ4v) is 1.80. The molecular formula is C18H16FeN2O2. The zero-order valence-electron chi connectivity index (χ0n) is 12.6. The molecule has 0 radical (unpaired) electrons. The smallest absolute Gasteiger partial charge is 0.371 e. The number of Topliss-reactive ketones (excluding diaryl/α,β-unsaturated/α-hetero) is 2. The van der Waals surface area contributed by atoms with Gasteiger partial charge in [-0.25, -0.2) is 0 Å². The van der Waals surface area contributed by atoms with E-state index in [1.165, 1.54) is 0 Å². The van der Waals surface area contributed by atoms with Crippen molar-refractivity contribution in [2.24, 2.45) is 0 Å². The Labute approximate surface area is 147 Å². The number of nitriles is 2. The number of carbonyl (C=O) groups is 2. The zero-order chi connectivity index (χ0) is 16.2. The van der Waals surface area contributed by atoms with Crippen molar-refractivity contribution >= 4 is 11.6 Å². The second-order valence-corrected chi connectivity index (χ2v) is 4.56. The summed E-state index contributed by atoms with van der Waals surface area (Å²) in [5, 5.41) is 16.4. The van der Waals surface area contributed by atoms with Crippen LogP contribution in [0.3, 0.4) is 0 Å². The molecule has 2 aliphatic rings. The van der Waals surface area contributed by atoms with Crippen LogP contribution in [-0.2, 0) is 26.7 Å². The predicted molar refractivity (Wildman–Crippen MR) is 80.7 cm³/mol. The minimum atomic E-state index is 0. The summed E-state index contributed by atoms with van der Waals surface area (Å²) in [5.74, 6) is 0.0561. The van der Waals surface area contributed by atoms with Gasteiger partial charge in [-0.3, -0.25) is 0 Å². The molecule has 5 heteroatoms. The van der Waals surface area contributed by atoms with Gasteiger partial charge in [0, 0.05) is 12.8 Å². The first kappa shape index (κ1) is 20.8. The van der Waals surface area contributed by atoms with E-state index in [-0.39, 0.29) is 28.6 Å². The van der Waals surface area contributed by atoms with E-state index in [0.29, 0.717) is 36.8 Å². The van der Waals surface area contributed by atoms with E-state index >= 15 is 0 Å². The number of carbonyl (C=O) groups excluding carboxylic acids is 2. The van der Waals surface area contributed by atoms with Gasteiger partial charge in [-0.15, -0.1) is 12.2 Å². The van der Waals surface area contributed by atoms with Crippen molar-refractivity contribution in [2.75, 3.05) is 0 Å². The van der Waals surface area contributed by atoms with Crippen LogP contribution in [0.5, 0.6) is 0 Å². The molecule has 4 nitrogen and oxygen atoms in total. The Morgan fingerprint density at radius 3 is 1.57 bits per heavy atom. The number of ketones is 2. The summed E-state index contributed by atoms with van der Waals surface area (Å²) in [6.45, 7) is 0. The van der Waals surface area contributed by atoms with E-state index in [2.05, 4.69) is 12.2 Å². The number of rotatable bonds is 6. The molecule has 0 unspecified atom stereocenters. The molecule has 2 aliphatic carbocycles. The van der Waals surface area contributed by atoms with Gasteiger partial charge in [-0.2, -0.15) is 46.0 Å². The van der Waals surface area contributed by atoms with Crippen LogP contribution < -0.4 is 0 Å². The van der Waals surface area contributed by atoms with Crippen LogP contribution in [0, 0.1) is 34.8 Å². The molecule has 118 valence electrons. The Bertz CT molecular complexity index is 572. The van der Waals surface area contributed by atoms with Crippen LogP contribution in [0.15, 0.2) is 35.5 Å². The monoisotopic (exact) mass is 348 g/mol. The normalized spacial score (nSPS) is 13.7. The standard InChI is InChI=1S/2C9H8NO.Fe/c2*10-7-3-6-9(11)8-4-1-2-5-8;/h2*1,4H,2-3,6H2;/q2*-1;+2. The van der Waals surface area contributed by atoms with Gasteiger partial charge in [-0.05, 0) is 12.8 Å². The maximum atomic E-state index is 11.1. The van der Waals surface area contributed by atoms with Crippen LogP contribution in [-0.4, -0.2) is 11.6 Å². The number of allylic oxidation sites excluding steroid dienone is 8. The average molecular weight is 348 g/mol. The Morgan fingerprint density at radius 2 is 1.30 bits per heavy atom. The molecule has 0 atom stereocenters. The van der Waals surface area contributed by atoms with E-state index in [0.717, 1.165) is 12.8 Å². The Morgan fingerprint density at radius 1 is 0.913 bits per heavy atom. The van der Waals surface area contributed by atoms with Crippen molar-refractivity contribution in [3.63, 3.8) is 0 Å². The third-order valence-electron chi connectivity index (χ3n) is 2.92. The maximum Gasteiger partial charge on any atom is 2.00 e. The van der Waals surface area contributed by atoms with Gasteiger partial charge in [0.05, 0.1) is 23.7 Å².